The number of halogens is 2. The summed E-state index contributed by atoms with van der Waals surface area (Å²) in [5, 5.41) is 11.0. The van der Waals surface area contributed by atoms with Crippen LogP contribution in [0.4, 0.5) is 20.3 Å². The number of anilines is 2. The number of carbonyl (C=O) groups excluding carboxylic acids is 2. The third kappa shape index (κ3) is 3.90. The smallest absolute Gasteiger partial charge is 0.274 e. The zero-order chi connectivity index (χ0) is 22.3. The molecular weight excluding hydrogens is 408 g/mol. The van der Waals surface area contributed by atoms with Crippen molar-refractivity contribution in [3.8, 4) is 5.82 Å². The summed E-state index contributed by atoms with van der Waals surface area (Å²) in [6.07, 6.45) is 1.86. The first-order chi connectivity index (χ1) is 14.7. The van der Waals surface area contributed by atoms with E-state index in [-0.39, 0.29) is 23.0 Å². The summed E-state index contributed by atoms with van der Waals surface area (Å²) in [5.41, 5.74) is -0.288. The molecule has 31 heavy (non-hydrogen) atoms. The molecule has 1 N–H and O–H groups in total. The maximum absolute atomic E-state index is 12.8. The molecule has 1 saturated heterocycles. The van der Waals surface area contributed by atoms with Crippen LogP contribution in [-0.2, 0) is 11.8 Å². The van der Waals surface area contributed by atoms with Crippen LogP contribution in [0.2, 0.25) is 0 Å². The molecule has 0 aliphatic carbocycles. The van der Waals surface area contributed by atoms with Crippen molar-refractivity contribution in [3.63, 3.8) is 0 Å². The van der Waals surface area contributed by atoms with E-state index in [0.29, 0.717) is 24.5 Å². The number of nitrogens with one attached hydrogen (secondary N) is 1. The number of amides is 2. The molecule has 0 bridgehead atoms. The molecule has 11 heteroatoms. The highest BCUT2D eigenvalue weighted by Crippen LogP contribution is 2.36. The molecule has 162 valence electrons. The van der Waals surface area contributed by atoms with Gasteiger partial charge in [0.2, 0.25) is 5.91 Å². The van der Waals surface area contributed by atoms with Gasteiger partial charge in [-0.25, -0.2) is 18.4 Å². The van der Waals surface area contributed by atoms with Crippen molar-refractivity contribution < 1.29 is 18.4 Å². The summed E-state index contributed by atoms with van der Waals surface area (Å²) in [6, 6.07) is 4.63. The predicted octanol–water partition coefficient (Wildman–Crippen LogP) is 2.95. The number of aromatic nitrogens is 5. The van der Waals surface area contributed by atoms with E-state index in [0.717, 1.165) is 12.4 Å². The number of aryl methyl sites for hydroxylation is 1. The van der Waals surface area contributed by atoms with Crippen LogP contribution in [0.15, 0.2) is 36.8 Å². The lowest BCUT2D eigenvalue weighted by atomic mass is 9.92. The zero-order valence-corrected chi connectivity index (χ0v) is 17.2. The van der Waals surface area contributed by atoms with E-state index >= 15 is 0 Å². The second kappa shape index (κ2) is 7.56. The molecule has 3 aromatic rings. The third-order valence-corrected chi connectivity index (χ3v) is 5.15. The quantitative estimate of drug-likeness (QED) is 0.673. The molecule has 4 rings (SSSR count). The number of nitrogens with zero attached hydrogens (tertiary/aromatic N) is 6. The Balaban J connectivity index is 1.58. The first-order valence-electron chi connectivity index (χ1n) is 9.63. The fraction of sp³-hybridized carbons (Fsp3) is 0.350. The number of hydrogen-bond acceptors (Lipinski definition) is 5. The summed E-state index contributed by atoms with van der Waals surface area (Å²) in [5.74, 6) is 0.0113. The Morgan fingerprint density at radius 3 is 2.68 bits per heavy atom. The normalized spacial score (nSPS) is 15.7. The Bertz CT molecular complexity index is 1150. The molecule has 1 aliphatic heterocycles. The van der Waals surface area contributed by atoms with Gasteiger partial charge in [-0.3, -0.25) is 19.2 Å². The molecule has 0 atom stereocenters. The number of hydrogen-bond donors (Lipinski definition) is 1. The monoisotopic (exact) mass is 429 g/mol. The first-order valence-corrected chi connectivity index (χ1v) is 9.63. The van der Waals surface area contributed by atoms with Gasteiger partial charge < -0.3 is 5.32 Å². The van der Waals surface area contributed by atoms with Gasteiger partial charge in [0, 0.05) is 25.2 Å². The molecule has 2 amide bonds. The van der Waals surface area contributed by atoms with E-state index in [9.17, 15) is 18.4 Å². The summed E-state index contributed by atoms with van der Waals surface area (Å²) < 4.78 is 28.3. The van der Waals surface area contributed by atoms with E-state index in [1.54, 1.807) is 30.3 Å². The molecule has 1 fully saturated rings. The highest BCUT2D eigenvalue weighted by Gasteiger charge is 2.41. The summed E-state index contributed by atoms with van der Waals surface area (Å²) in [4.78, 5) is 31.3. The van der Waals surface area contributed by atoms with Crippen molar-refractivity contribution in [3.05, 3.63) is 48.0 Å². The van der Waals surface area contributed by atoms with Crippen molar-refractivity contribution >= 4 is 23.3 Å². The van der Waals surface area contributed by atoms with Crippen LogP contribution in [-0.4, -0.2) is 42.9 Å². The lowest BCUT2D eigenvalue weighted by Crippen LogP contribution is -2.32. The Labute approximate surface area is 176 Å². The minimum Gasteiger partial charge on any atom is -0.316 e. The van der Waals surface area contributed by atoms with Gasteiger partial charge in [0.1, 0.15) is 11.4 Å². The van der Waals surface area contributed by atoms with Crippen molar-refractivity contribution in [1.29, 1.82) is 0 Å². The lowest BCUT2D eigenvalue weighted by Gasteiger charge is -2.18. The largest absolute Gasteiger partial charge is 0.316 e. The number of carbonyl (C=O) groups is 2. The Morgan fingerprint density at radius 1 is 1.26 bits per heavy atom. The van der Waals surface area contributed by atoms with Gasteiger partial charge in [0.25, 0.3) is 12.3 Å². The number of alkyl halides is 2. The second-order valence-corrected chi connectivity index (χ2v) is 7.98. The van der Waals surface area contributed by atoms with E-state index < -0.39 is 17.7 Å². The molecule has 9 nitrogen and oxygen atoms in total. The average Bonchev–Trinajstić information content (AvgIpc) is 3.41. The molecule has 0 radical (unpaired) electrons. The van der Waals surface area contributed by atoms with Gasteiger partial charge in [-0.15, -0.1) is 0 Å². The zero-order valence-electron chi connectivity index (χ0n) is 17.2. The van der Waals surface area contributed by atoms with E-state index in [1.807, 2.05) is 13.8 Å². The van der Waals surface area contributed by atoms with Crippen LogP contribution in [0.5, 0.6) is 0 Å². The van der Waals surface area contributed by atoms with Gasteiger partial charge in [0.05, 0.1) is 18.0 Å². The molecule has 1 aliphatic rings. The van der Waals surface area contributed by atoms with Gasteiger partial charge in [0.15, 0.2) is 11.6 Å². The molecule has 0 saturated carbocycles. The first kappa shape index (κ1) is 20.6. The van der Waals surface area contributed by atoms with Crippen molar-refractivity contribution in [2.45, 2.75) is 26.7 Å². The maximum atomic E-state index is 12.8. The van der Waals surface area contributed by atoms with Crippen LogP contribution in [0.3, 0.4) is 0 Å². The Kier molecular flexibility index (Phi) is 5.03. The van der Waals surface area contributed by atoms with Crippen LogP contribution in [0.1, 0.15) is 42.7 Å². The average molecular weight is 429 g/mol. The third-order valence-electron chi connectivity index (χ3n) is 5.15. The summed E-state index contributed by atoms with van der Waals surface area (Å²) in [6.45, 7) is 4.26. The van der Waals surface area contributed by atoms with Gasteiger partial charge in [-0.1, -0.05) is 19.9 Å². The standard InChI is InChI=1S/C20H21F2N7O2/c1-20(2)7-8-28(19(20)31)17-14(11-27(3)26-17)25-18(30)13-5-4-6-15(24-13)29-10-12(9-23-29)16(21)22/h4-6,9-11,16H,7-8H2,1-3H3,(H,25,30). The van der Waals surface area contributed by atoms with Crippen molar-refractivity contribution in [2.24, 2.45) is 12.5 Å². The van der Waals surface area contributed by atoms with Crippen LogP contribution in [0.25, 0.3) is 5.82 Å². The minimum absolute atomic E-state index is 0.0599. The summed E-state index contributed by atoms with van der Waals surface area (Å²) in [7, 11) is 1.70. The van der Waals surface area contributed by atoms with Gasteiger partial charge in [-0.2, -0.15) is 10.2 Å². The molecule has 3 aromatic heterocycles. The Morgan fingerprint density at radius 2 is 2.03 bits per heavy atom. The number of rotatable bonds is 5. The molecule has 0 aromatic carbocycles. The second-order valence-electron chi connectivity index (χ2n) is 7.98. The van der Waals surface area contributed by atoms with E-state index in [2.05, 4.69) is 20.5 Å². The van der Waals surface area contributed by atoms with Gasteiger partial charge >= 0.3 is 0 Å². The molecular formula is C20H21F2N7O2. The predicted molar refractivity (Wildman–Crippen MR) is 108 cm³/mol. The van der Waals surface area contributed by atoms with Crippen LogP contribution in [0, 0.1) is 5.41 Å². The summed E-state index contributed by atoms with van der Waals surface area (Å²) >= 11 is 0. The van der Waals surface area contributed by atoms with E-state index in [4.69, 9.17) is 0 Å². The minimum atomic E-state index is -2.65. The van der Waals surface area contributed by atoms with Crippen molar-refractivity contribution in [1.82, 2.24) is 24.5 Å². The molecule has 4 heterocycles. The SMILES string of the molecule is Cn1cc(NC(=O)c2cccc(-n3cc(C(F)F)cn3)n2)c(N2CCC(C)(C)C2=O)n1. The molecule has 0 spiro atoms. The Hall–Kier alpha value is -3.63. The van der Waals surface area contributed by atoms with Crippen molar-refractivity contribution in [2.75, 3.05) is 16.8 Å². The van der Waals surface area contributed by atoms with E-state index in [1.165, 1.54) is 15.4 Å². The highest BCUT2D eigenvalue weighted by atomic mass is 19.3. The molecule has 0 unspecified atom stereocenters. The lowest BCUT2D eigenvalue weighted by molar-refractivity contribution is -0.124. The fourth-order valence-corrected chi connectivity index (χ4v) is 3.37. The topological polar surface area (TPSA) is 97.9 Å². The fourth-order valence-electron chi connectivity index (χ4n) is 3.37. The number of pyridine rings is 1. The van der Waals surface area contributed by atoms with Crippen LogP contribution < -0.4 is 10.2 Å². The van der Waals surface area contributed by atoms with Crippen LogP contribution >= 0.6 is 0 Å². The van der Waals surface area contributed by atoms with Gasteiger partial charge in [-0.05, 0) is 18.6 Å². The maximum Gasteiger partial charge on any atom is 0.274 e. The highest BCUT2D eigenvalue weighted by molar-refractivity contribution is 6.07.